The Kier molecular flexibility index (Phi) is 6.15. The number of ketones is 2. The smallest absolute Gasteiger partial charge is 0.416 e. The molecule has 0 N–H and O–H groups in total. The number of nitrogens with zero attached hydrogens (tertiary/aromatic N) is 1. The van der Waals surface area contributed by atoms with E-state index >= 15 is 0 Å². The SMILES string of the molecule is CC(C)(C)OC(=O)C(C(=O)c1ccc(C(F)(F)F)cc1[N+](=O)[O-])C(=O)C1CCC1. The standard InChI is InChI=1S/C19H20F3NO6/c1-18(2,3)29-17(26)14(15(24)10-5-4-6-10)16(25)12-8-7-11(19(20,21)22)9-13(12)23(27)28/h7-10,14H,4-6H2,1-3H3. The van der Waals surface area contributed by atoms with Crippen molar-refractivity contribution in [3.05, 3.63) is 39.4 Å². The zero-order valence-corrected chi connectivity index (χ0v) is 16.0. The molecule has 7 nitrogen and oxygen atoms in total. The lowest BCUT2D eigenvalue weighted by molar-refractivity contribution is -0.385. The minimum absolute atomic E-state index is 0.215. The van der Waals surface area contributed by atoms with Gasteiger partial charge in [-0.3, -0.25) is 24.5 Å². The normalized spacial score (nSPS) is 15.9. The largest absolute Gasteiger partial charge is 0.459 e. The zero-order valence-electron chi connectivity index (χ0n) is 16.0. The molecule has 0 spiro atoms. The lowest BCUT2D eigenvalue weighted by Gasteiger charge is -2.28. The Labute approximate surface area is 164 Å². The first kappa shape index (κ1) is 22.5. The Morgan fingerprint density at radius 2 is 1.76 bits per heavy atom. The van der Waals surface area contributed by atoms with Crippen LogP contribution in [-0.4, -0.2) is 28.1 Å². The van der Waals surface area contributed by atoms with E-state index in [4.69, 9.17) is 4.74 Å². The summed E-state index contributed by atoms with van der Waals surface area (Å²) in [6.45, 7) is 4.54. The summed E-state index contributed by atoms with van der Waals surface area (Å²) in [6.07, 6.45) is -3.22. The maximum Gasteiger partial charge on any atom is 0.416 e. The van der Waals surface area contributed by atoms with Gasteiger partial charge < -0.3 is 4.74 Å². The van der Waals surface area contributed by atoms with Crippen LogP contribution >= 0.6 is 0 Å². The van der Waals surface area contributed by atoms with Crippen LogP contribution in [0.25, 0.3) is 0 Å². The molecule has 10 heteroatoms. The van der Waals surface area contributed by atoms with Crippen molar-refractivity contribution < 1.29 is 37.2 Å². The van der Waals surface area contributed by atoms with Crippen LogP contribution in [0.15, 0.2) is 18.2 Å². The number of carbonyl (C=O) groups is 3. The van der Waals surface area contributed by atoms with Gasteiger partial charge in [0.25, 0.3) is 5.69 Å². The van der Waals surface area contributed by atoms with E-state index < -0.39 is 62.9 Å². The molecule has 0 amide bonds. The Morgan fingerprint density at radius 3 is 2.17 bits per heavy atom. The van der Waals surface area contributed by atoms with E-state index in [1.54, 1.807) is 0 Å². The van der Waals surface area contributed by atoms with Crippen LogP contribution in [-0.2, 0) is 20.5 Å². The van der Waals surface area contributed by atoms with E-state index in [0.717, 1.165) is 6.42 Å². The van der Waals surface area contributed by atoms with Crippen molar-refractivity contribution in [2.75, 3.05) is 0 Å². The number of alkyl halides is 3. The predicted molar refractivity (Wildman–Crippen MR) is 94.1 cm³/mol. The molecule has 0 bridgehead atoms. The summed E-state index contributed by atoms with van der Waals surface area (Å²) in [7, 11) is 0. The molecule has 1 fully saturated rings. The number of ether oxygens (including phenoxy) is 1. The zero-order chi connectivity index (χ0) is 22.1. The van der Waals surface area contributed by atoms with Crippen LogP contribution < -0.4 is 0 Å². The molecule has 2 rings (SSSR count). The highest BCUT2D eigenvalue weighted by molar-refractivity contribution is 6.24. The number of nitro groups is 1. The molecule has 0 saturated heterocycles. The number of halogens is 3. The van der Waals surface area contributed by atoms with E-state index in [1.165, 1.54) is 20.8 Å². The average Bonchev–Trinajstić information content (AvgIpc) is 2.49. The first-order chi connectivity index (χ1) is 13.2. The molecule has 1 unspecified atom stereocenters. The van der Waals surface area contributed by atoms with Crippen molar-refractivity contribution >= 4 is 23.2 Å². The summed E-state index contributed by atoms with van der Waals surface area (Å²) in [4.78, 5) is 48.3. The monoisotopic (exact) mass is 415 g/mol. The van der Waals surface area contributed by atoms with E-state index in [2.05, 4.69) is 0 Å². The van der Waals surface area contributed by atoms with Crippen molar-refractivity contribution in [2.45, 2.75) is 51.8 Å². The minimum atomic E-state index is -4.86. The molecule has 0 aliphatic heterocycles. The van der Waals surface area contributed by atoms with Crippen molar-refractivity contribution in [3.8, 4) is 0 Å². The van der Waals surface area contributed by atoms with Gasteiger partial charge >= 0.3 is 12.1 Å². The molecule has 29 heavy (non-hydrogen) atoms. The molecular formula is C19H20F3NO6. The Hall–Kier alpha value is -2.78. The molecule has 1 aromatic carbocycles. The molecular weight excluding hydrogens is 395 g/mol. The van der Waals surface area contributed by atoms with Gasteiger partial charge in [-0.05, 0) is 45.7 Å². The summed E-state index contributed by atoms with van der Waals surface area (Å²) in [5.74, 6) is -5.67. The highest BCUT2D eigenvalue weighted by Crippen LogP contribution is 2.36. The molecule has 1 aromatic rings. The highest BCUT2D eigenvalue weighted by atomic mass is 19.4. The highest BCUT2D eigenvalue weighted by Gasteiger charge is 2.44. The average molecular weight is 415 g/mol. The second kappa shape index (κ2) is 7.92. The lowest BCUT2D eigenvalue weighted by atomic mass is 9.76. The summed E-state index contributed by atoms with van der Waals surface area (Å²) in [5, 5.41) is 11.3. The van der Waals surface area contributed by atoms with Gasteiger partial charge in [0.05, 0.1) is 16.1 Å². The van der Waals surface area contributed by atoms with Crippen LogP contribution in [0.2, 0.25) is 0 Å². The number of nitro benzene ring substituents is 1. The third kappa shape index (κ3) is 5.18. The lowest BCUT2D eigenvalue weighted by Crippen LogP contribution is -2.42. The Bertz CT molecular complexity index is 852. The molecule has 1 atom stereocenters. The summed E-state index contributed by atoms with van der Waals surface area (Å²) < 4.78 is 43.8. The van der Waals surface area contributed by atoms with Crippen molar-refractivity contribution in [3.63, 3.8) is 0 Å². The molecule has 0 radical (unpaired) electrons. The predicted octanol–water partition coefficient (Wildman–Crippen LogP) is 4.12. The molecule has 1 aliphatic rings. The molecule has 1 saturated carbocycles. The number of rotatable bonds is 6. The number of hydrogen-bond acceptors (Lipinski definition) is 6. The van der Waals surface area contributed by atoms with Gasteiger partial charge in [-0.1, -0.05) is 6.42 Å². The first-order valence-electron chi connectivity index (χ1n) is 8.89. The van der Waals surface area contributed by atoms with Crippen LogP contribution in [0.5, 0.6) is 0 Å². The van der Waals surface area contributed by atoms with Gasteiger partial charge in [0.1, 0.15) is 5.60 Å². The van der Waals surface area contributed by atoms with Gasteiger partial charge in [0.15, 0.2) is 17.5 Å². The number of hydrogen-bond donors (Lipinski definition) is 0. The van der Waals surface area contributed by atoms with E-state index in [0.29, 0.717) is 25.0 Å². The van der Waals surface area contributed by atoms with E-state index in [1.807, 2.05) is 0 Å². The maximum absolute atomic E-state index is 12.9. The Balaban J connectivity index is 2.51. The Morgan fingerprint density at radius 1 is 1.17 bits per heavy atom. The van der Waals surface area contributed by atoms with Crippen molar-refractivity contribution in [2.24, 2.45) is 11.8 Å². The summed E-state index contributed by atoms with van der Waals surface area (Å²) in [5.41, 5.74) is -4.23. The second-order valence-electron chi connectivity index (χ2n) is 7.85. The number of esters is 1. The molecule has 0 heterocycles. The van der Waals surface area contributed by atoms with Crippen LogP contribution in [0.1, 0.15) is 56.0 Å². The van der Waals surface area contributed by atoms with Crippen LogP contribution in [0, 0.1) is 22.0 Å². The van der Waals surface area contributed by atoms with Gasteiger partial charge in [-0.2, -0.15) is 13.2 Å². The molecule has 158 valence electrons. The first-order valence-corrected chi connectivity index (χ1v) is 8.89. The fourth-order valence-electron chi connectivity index (χ4n) is 2.86. The third-order valence-corrected chi connectivity index (χ3v) is 4.48. The number of carbonyl (C=O) groups excluding carboxylic acids is 3. The van der Waals surface area contributed by atoms with E-state index in [9.17, 15) is 37.7 Å². The fraction of sp³-hybridized carbons (Fsp3) is 0.526. The maximum atomic E-state index is 12.9. The van der Waals surface area contributed by atoms with Crippen LogP contribution in [0.4, 0.5) is 18.9 Å². The van der Waals surface area contributed by atoms with E-state index in [-0.39, 0.29) is 6.07 Å². The number of Topliss-reactive ketones (excluding diaryl/α,β-unsaturated/α-hetero) is 2. The molecule has 1 aliphatic carbocycles. The van der Waals surface area contributed by atoms with Crippen molar-refractivity contribution in [1.29, 1.82) is 0 Å². The fourth-order valence-corrected chi connectivity index (χ4v) is 2.86. The topological polar surface area (TPSA) is 104 Å². The number of benzene rings is 1. The van der Waals surface area contributed by atoms with Gasteiger partial charge in [0.2, 0.25) is 0 Å². The quantitative estimate of drug-likeness (QED) is 0.228. The minimum Gasteiger partial charge on any atom is -0.459 e. The summed E-state index contributed by atoms with van der Waals surface area (Å²) in [6, 6.07) is 1.34. The van der Waals surface area contributed by atoms with Crippen LogP contribution in [0.3, 0.4) is 0 Å². The van der Waals surface area contributed by atoms with Crippen molar-refractivity contribution in [1.82, 2.24) is 0 Å². The van der Waals surface area contributed by atoms with Gasteiger partial charge in [0, 0.05) is 12.0 Å². The van der Waals surface area contributed by atoms with Gasteiger partial charge in [-0.25, -0.2) is 0 Å². The summed E-state index contributed by atoms with van der Waals surface area (Å²) >= 11 is 0. The second-order valence-corrected chi connectivity index (χ2v) is 7.85. The molecule has 0 aromatic heterocycles. The van der Waals surface area contributed by atoms with Gasteiger partial charge in [-0.15, -0.1) is 0 Å². The third-order valence-electron chi connectivity index (χ3n) is 4.48.